The molecule has 0 bridgehead atoms. The number of pyridine rings is 1. The van der Waals surface area contributed by atoms with Crippen molar-refractivity contribution in [3.63, 3.8) is 0 Å². The number of aryl methyl sites for hydroxylation is 1. The number of benzene rings is 2. The van der Waals surface area contributed by atoms with Crippen LogP contribution in [0.3, 0.4) is 0 Å². The molecule has 3 aromatic rings. The first-order valence-electron chi connectivity index (χ1n) is 6.44. The second kappa shape index (κ2) is 4.82. The first-order chi connectivity index (χ1) is 9.20. The van der Waals surface area contributed by atoms with Crippen LogP contribution in [0.1, 0.15) is 19.0 Å². The first-order valence-corrected chi connectivity index (χ1v) is 7.23. The number of hydrogen-bond acceptors (Lipinski definition) is 1. The molecular formula is C16H14BrNO. The lowest BCUT2D eigenvalue weighted by Gasteiger charge is -2.08. The standard InChI is InChI=1S/C16H14BrNO/c1-2-5-10-8-15(19)13-9-14(17)11-6-3-4-7-12(11)16(13)18-10/h3-4,6-9H,2,5H2,1H3,(H,18,19). The maximum absolute atomic E-state index is 12.2. The fourth-order valence-corrected chi connectivity index (χ4v) is 3.07. The van der Waals surface area contributed by atoms with Crippen molar-refractivity contribution < 1.29 is 0 Å². The van der Waals surface area contributed by atoms with Crippen LogP contribution >= 0.6 is 15.9 Å². The summed E-state index contributed by atoms with van der Waals surface area (Å²) < 4.78 is 0.962. The van der Waals surface area contributed by atoms with E-state index in [1.807, 2.05) is 24.3 Å². The zero-order valence-corrected chi connectivity index (χ0v) is 12.3. The van der Waals surface area contributed by atoms with Gasteiger partial charge in [-0.15, -0.1) is 0 Å². The van der Waals surface area contributed by atoms with Gasteiger partial charge in [-0.25, -0.2) is 0 Å². The third-order valence-corrected chi connectivity index (χ3v) is 4.03. The van der Waals surface area contributed by atoms with Crippen LogP contribution in [0.15, 0.2) is 45.7 Å². The van der Waals surface area contributed by atoms with Gasteiger partial charge in [0.1, 0.15) is 0 Å². The minimum atomic E-state index is 0.0867. The van der Waals surface area contributed by atoms with E-state index in [2.05, 4.69) is 33.9 Å². The second-order valence-electron chi connectivity index (χ2n) is 4.74. The number of hydrogen-bond donors (Lipinski definition) is 1. The van der Waals surface area contributed by atoms with Crippen molar-refractivity contribution in [1.82, 2.24) is 4.98 Å². The van der Waals surface area contributed by atoms with Crippen LogP contribution in [0.4, 0.5) is 0 Å². The van der Waals surface area contributed by atoms with E-state index in [0.29, 0.717) is 0 Å². The molecule has 0 aliphatic rings. The molecule has 0 spiro atoms. The molecule has 3 rings (SSSR count). The summed E-state index contributed by atoms with van der Waals surface area (Å²) in [5.41, 5.74) is 2.03. The van der Waals surface area contributed by atoms with Gasteiger partial charge < -0.3 is 4.98 Å². The summed E-state index contributed by atoms with van der Waals surface area (Å²) in [5, 5.41) is 2.95. The molecule has 3 heteroatoms. The first kappa shape index (κ1) is 12.4. The molecular weight excluding hydrogens is 302 g/mol. The Morgan fingerprint density at radius 3 is 2.58 bits per heavy atom. The Hall–Kier alpha value is -1.61. The van der Waals surface area contributed by atoms with Crippen LogP contribution < -0.4 is 5.43 Å². The predicted molar refractivity (Wildman–Crippen MR) is 83.8 cm³/mol. The average molecular weight is 316 g/mol. The summed E-state index contributed by atoms with van der Waals surface area (Å²) in [6, 6.07) is 11.7. The largest absolute Gasteiger partial charge is 0.358 e. The lowest BCUT2D eigenvalue weighted by Crippen LogP contribution is -2.05. The summed E-state index contributed by atoms with van der Waals surface area (Å²) in [5.74, 6) is 0. The van der Waals surface area contributed by atoms with Crippen molar-refractivity contribution in [3.05, 3.63) is 56.8 Å². The molecule has 96 valence electrons. The van der Waals surface area contributed by atoms with Gasteiger partial charge in [-0.05, 0) is 17.9 Å². The number of nitrogens with one attached hydrogen (secondary N) is 1. The highest BCUT2D eigenvalue weighted by molar-refractivity contribution is 9.10. The fourth-order valence-electron chi connectivity index (χ4n) is 2.50. The van der Waals surface area contributed by atoms with Gasteiger partial charge in [-0.3, -0.25) is 4.79 Å². The molecule has 0 radical (unpaired) electrons. The number of rotatable bonds is 2. The van der Waals surface area contributed by atoms with E-state index in [1.54, 1.807) is 6.07 Å². The molecule has 0 unspecified atom stereocenters. The topological polar surface area (TPSA) is 32.9 Å². The zero-order chi connectivity index (χ0) is 13.4. The maximum atomic E-state index is 12.2. The summed E-state index contributed by atoms with van der Waals surface area (Å²) in [6.45, 7) is 2.11. The van der Waals surface area contributed by atoms with Gasteiger partial charge in [0.2, 0.25) is 0 Å². The number of aromatic amines is 1. The molecule has 0 fully saturated rings. The normalized spacial score (nSPS) is 11.3. The summed E-state index contributed by atoms with van der Waals surface area (Å²) in [4.78, 5) is 15.6. The highest BCUT2D eigenvalue weighted by atomic mass is 79.9. The average Bonchev–Trinajstić information content (AvgIpc) is 2.41. The smallest absolute Gasteiger partial charge is 0.189 e. The molecule has 0 aliphatic heterocycles. The lowest BCUT2D eigenvalue weighted by molar-refractivity contribution is 0.889. The van der Waals surface area contributed by atoms with Crippen LogP contribution in [0, 0.1) is 0 Å². The maximum Gasteiger partial charge on any atom is 0.189 e. The van der Waals surface area contributed by atoms with E-state index < -0.39 is 0 Å². The second-order valence-corrected chi connectivity index (χ2v) is 5.59. The molecule has 2 aromatic carbocycles. The Morgan fingerprint density at radius 2 is 1.84 bits per heavy atom. The minimum absolute atomic E-state index is 0.0867. The monoisotopic (exact) mass is 315 g/mol. The van der Waals surface area contributed by atoms with Crippen LogP contribution in [0.2, 0.25) is 0 Å². The molecule has 0 saturated heterocycles. The third kappa shape index (κ3) is 2.08. The SMILES string of the molecule is CCCc1cc(=O)c2cc(Br)c3ccccc3c2[nH]1. The van der Waals surface area contributed by atoms with Crippen LogP contribution in [-0.4, -0.2) is 4.98 Å². The molecule has 1 aromatic heterocycles. The summed E-state index contributed by atoms with van der Waals surface area (Å²) >= 11 is 3.55. The molecule has 0 amide bonds. The highest BCUT2D eigenvalue weighted by Gasteiger charge is 2.08. The van der Waals surface area contributed by atoms with Crippen LogP contribution in [0.5, 0.6) is 0 Å². The number of aromatic nitrogens is 1. The van der Waals surface area contributed by atoms with Gasteiger partial charge in [-0.2, -0.15) is 0 Å². The van der Waals surface area contributed by atoms with Crippen molar-refractivity contribution in [2.75, 3.05) is 0 Å². The van der Waals surface area contributed by atoms with E-state index in [1.165, 1.54) is 0 Å². The molecule has 0 atom stereocenters. The number of fused-ring (bicyclic) bond motifs is 3. The lowest BCUT2D eigenvalue weighted by atomic mass is 10.0. The Bertz CT molecular complexity index is 820. The Kier molecular flexibility index (Phi) is 3.15. The van der Waals surface area contributed by atoms with Gasteiger partial charge in [0.15, 0.2) is 5.43 Å². The van der Waals surface area contributed by atoms with Gasteiger partial charge in [0.05, 0.1) is 5.52 Å². The van der Waals surface area contributed by atoms with E-state index in [9.17, 15) is 4.79 Å². The molecule has 19 heavy (non-hydrogen) atoms. The number of H-pyrrole nitrogens is 1. The fraction of sp³-hybridized carbons (Fsp3) is 0.188. The van der Waals surface area contributed by atoms with Gasteiger partial charge in [0.25, 0.3) is 0 Å². The summed E-state index contributed by atoms with van der Waals surface area (Å²) in [7, 11) is 0. The molecule has 0 aliphatic carbocycles. The Morgan fingerprint density at radius 1 is 1.11 bits per heavy atom. The molecule has 2 nitrogen and oxygen atoms in total. The quantitative estimate of drug-likeness (QED) is 0.699. The van der Waals surface area contributed by atoms with Crippen molar-refractivity contribution in [2.24, 2.45) is 0 Å². The zero-order valence-electron chi connectivity index (χ0n) is 10.7. The summed E-state index contributed by atoms with van der Waals surface area (Å²) in [6.07, 6.45) is 1.92. The van der Waals surface area contributed by atoms with E-state index in [-0.39, 0.29) is 5.43 Å². The van der Waals surface area contributed by atoms with E-state index in [0.717, 1.165) is 44.7 Å². The van der Waals surface area contributed by atoms with Gasteiger partial charge >= 0.3 is 0 Å². The van der Waals surface area contributed by atoms with Crippen LogP contribution in [0.25, 0.3) is 21.7 Å². The number of halogens is 1. The molecule has 1 heterocycles. The van der Waals surface area contributed by atoms with Crippen molar-refractivity contribution in [1.29, 1.82) is 0 Å². The van der Waals surface area contributed by atoms with E-state index >= 15 is 0 Å². The van der Waals surface area contributed by atoms with Gasteiger partial charge in [-0.1, -0.05) is 53.5 Å². The van der Waals surface area contributed by atoms with Crippen molar-refractivity contribution in [3.8, 4) is 0 Å². The Labute approximate surface area is 119 Å². The molecule has 0 saturated carbocycles. The van der Waals surface area contributed by atoms with Crippen LogP contribution in [-0.2, 0) is 6.42 Å². The van der Waals surface area contributed by atoms with Crippen molar-refractivity contribution >= 4 is 37.6 Å². The predicted octanol–water partition coefficient (Wildman–Crippen LogP) is 4.40. The van der Waals surface area contributed by atoms with Crippen molar-refractivity contribution in [2.45, 2.75) is 19.8 Å². The van der Waals surface area contributed by atoms with Gasteiger partial charge in [0, 0.05) is 27.0 Å². The third-order valence-electron chi connectivity index (χ3n) is 3.37. The Balaban J connectivity index is 2.48. The molecule has 1 N–H and O–H groups in total. The van der Waals surface area contributed by atoms with E-state index in [4.69, 9.17) is 0 Å². The highest BCUT2D eigenvalue weighted by Crippen LogP contribution is 2.29. The minimum Gasteiger partial charge on any atom is -0.358 e.